The van der Waals surface area contributed by atoms with E-state index in [2.05, 4.69) is 62.7 Å². The molecule has 0 saturated carbocycles. The van der Waals surface area contributed by atoms with Gasteiger partial charge in [-0.1, -0.05) is 6.07 Å². The largest absolute Gasteiger partial charge is 0.496 e. The lowest BCUT2D eigenvalue weighted by atomic mass is 10.2. The molecule has 0 fully saturated rings. The van der Waals surface area contributed by atoms with E-state index in [9.17, 15) is 0 Å². The highest BCUT2D eigenvalue weighted by Crippen LogP contribution is 2.26. The molecular formula is C13H14BrIN2O. The van der Waals surface area contributed by atoms with Crippen LogP contribution in [0.25, 0.3) is 0 Å². The summed E-state index contributed by atoms with van der Waals surface area (Å²) in [7, 11) is 1.67. The molecule has 0 bridgehead atoms. The summed E-state index contributed by atoms with van der Waals surface area (Å²) in [6.07, 6.45) is 0. The van der Waals surface area contributed by atoms with E-state index in [-0.39, 0.29) is 0 Å². The van der Waals surface area contributed by atoms with Crippen LogP contribution < -0.4 is 4.74 Å². The summed E-state index contributed by atoms with van der Waals surface area (Å²) < 4.78 is 9.47. The Morgan fingerprint density at radius 1 is 1.39 bits per heavy atom. The van der Waals surface area contributed by atoms with Gasteiger partial charge in [-0.15, -0.1) is 0 Å². The van der Waals surface area contributed by atoms with Crippen LogP contribution >= 0.6 is 38.5 Å². The molecule has 0 N–H and O–H groups in total. The maximum Gasteiger partial charge on any atom is 0.133 e. The second-order valence-electron chi connectivity index (χ2n) is 4.11. The van der Waals surface area contributed by atoms with Crippen molar-refractivity contribution in [1.82, 2.24) is 9.78 Å². The van der Waals surface area contributed by atoms with Crippen molar-refractivity contribution in [3.8, 4) is 5.75 Å². The van der Waals surface area contributed by atoms with Gasteiger partial charge in [0.05, 0.1) is 27.4 Å². The van der Waals surface area contributed by atoms with Crippen LogP contribution in [0.15, 0.2) is 22.7 Å². The number of benzene rings is 1. The Kier molecular flexibility index (Phi) is 4.32. The number of ether oxygens (including phenoxy) is 1. The van der Waals surface area contributed by atoms with Crippen molar-refractivity contribution in [3.63, 3.8) is 0 Å². The monoisotopic (exact) mass is 420 g/mol. The fraction of sp³-hybridized carbons (Fsp3) is 0.308. The van der Waals surface area contributed by atoms with E-state index in [1.807, 2.05) is 17.7 Å². The van der Waals surface area contributed by atoms with Crippen molar-refractivity contribution in [1.29, 1.82) is 0 Å². The molecule has 5 heteroatoms. The van der Waals surface area contributed by atoms with Crippen molar-refractivity contribution in [2.24, 2.45) is 0 Å². The molecule has 0 aliphatic carbocycles. The van der Waals surface area contributed by atoms with Gasteiger partial charge in [0.1, 0.15) is 5.75 Å². The summed E-state index contributed by atoms with van der Waals surface area (Å²) in [5, 5.41) is 4.54. The van der Waals surface area contributed by atoms with Crippen molar-refractivity contribution in [2.45, 2.75) is 20.4 Å². The van der Waals surface area contributed by atoms with Crippen molar-refractivity contribution in [2.75, 3.05) is 7.11 Å². The van der Waals surface area contributed by atoms with Gasteiger partial charge in [-0.05, 0) is 70.1 Å². The van der Waals surface area contributed by atoms with Crippen LogP contribution in [0.5, 0.6) is 5.75 Å². The Morgan fingerprint density at radius 3 is 2.61 bits per heavy atom. The Hall–Kier alpha value is -0.560. The molecule has 1 aromatic heterocycles. The Labute approximate surface area is 129 Å². The Balaban J connectivity index is 2.28. The maximum atomic E-state index is 5.23. The molecule has 2 aromatic rings. The predicted molar refractivity (Wildman–Crippen MR) is 84.2 cm³/mol. The van der Waals surface area contributed by atoms with Gasteiger partial charge in [0.15, 0.2) is 0 Å². The van der Waals surface area contributed by atoms with Crippen molar-refractivity contribution in [3.05, 3.63) is 43.2 Å². The molecule has 0 amide bonds. The molecule has 0 aliphatic heterocycles. The van der Waals surface area contributed by atoms with Crippen LogP contribution in [0.4, 0.5) is 0 Å². The molecular weight excluding hydrogens is 407 g/mol. The zero-order valence-electron chi connectivity index (χ0n) is 10.5. The molecule has 0 saturated heterocycles. The van der Waals surface area contributed by atoms with Crippen LogP contribution in [0, 0.1) is 17.4 Å². The number of hydrogen-bond donors (Lipinski definition) is 0. The lowest BCUT2D eigenvalue weighted by molar-refractivity contribution is 0.412. The van der Waals surface area contributed by atoms with E-state index >= 15 is 0 Å². The minimum absolute atomic E-state index is 0.776. The van der Waals surface area contributed by atoms with Crippen LogP contribution in [0.3, 0.4) is 0 Å². The summed E-state index contributed by atoms with van der Waals surface area (Å²) in [4.78, 5) is 0. The fourth-order valence-corrected chi connectivity index (χ4v) is 2.78. The second kappa shape index (κ2) is 5.61. The zero-order valence-corrected chi connectivity index (χ0v) is 14.2. The summed E-state index contributed by atoms with van der Waals surface area (Å²) in [6.45, 7) is 4.91. The Bertz CT molecular complexity index is 581. The van der Waals surface area contributed by atoms with Gasteiger partial charge in [0.25, 0.3) is 0 Å². The van der Waals surface area contributed by atoms with Gasteiger partial charge < -0.3 is 4.74 Å². The minimum Gasteiger partial charge on any atom is -0.496 e. The van der Waals surface area contributed by atoms with Gasteiger partial charge in [-0.2, -0.15) is 5.10 Å². The molecule has 18 heavy (non-hydrogen) atoms. The first kappa shape index (κ1) is 13.9. The predicted octanol–water partition coefficient (Wildman–Crippen LogP) is 3.92. The molecule has 3 nitrogen and oxygen atoms in total. The SMILES string of the molecule is COc1ccc(Cn2nc(C)c(I)c2C)cc1Br. The maximum absolute atomic E-state index is 5.23. The standard InChI is InChI=1S/C13H14BrIN2O/c1-8-13(15)9(2)17(16-8)7-10-4-5-12(18-3)11(14)6-10/h4-6H,7H2,1-3H3. The first-order valence-electron chi connectivity index (χ1n) is 5.55. The van der Waals surface area contributed by atoms with Crippen LogP contribution in [0.2, 0.25) is 0 Å². The average Bonchev–Trinajstić information content (AvgIpc) is 2.57. The average molecular weight is 421 g/mol. The summed E-state index contributed by atoms with van der Waals surface area (Å²) >= 11 is 5.84. The number of nitrogens with zero attached hydrogens (tertiary/aromatic N) is 2. The minimum atomic E-state index is 0.776. The van der Waals surface area contributed by atoms with E-state index in [0.29, 0.717) is 0 Å². The lowest BCUT2D eigenvalue weighted by Gasteiger charge is -2.08. The third-order valence-corrected chi connectivity index (χ3v) is 5.02. The molecule has 1 heterocycles. The number of halogens is 2. The first-order valence-corrected chi connectivity index (χ1v) is 7.42. The van der Waals surface area contributed by atoms with Gasteiger partial charge in [0.2, 0.25) is 0 Å². The van der Waals surface area contributed by atoms with E-state index < -0.39 is 0 Å². The number of methoxy groups -OCH3 is 1. The highest BCUT2D eigenvalue weighted by Gasteiger charge is 2.09. The van der Waals surface area contributed by atoms with E-state index in [0.717, 1.165) is 22.5 Å². The second-order valence-corrected chi connectivity index (χ2v) is 6.04. The third kappa shape index (κ3) is 2.71. The molecule has 1 aromatic carbocycles. The highest BCUT2D eigenvalue weighted by atomic mass is 127. The number of rotatable bonds is 3. The van der Waals surface area contributed by atoms with Crippen molar-refractivity contribution >= 4 is 38.5 Å². The number of hydrogen-bond acceptors (Lipinski definition) is 2. The van der Waals surface area contributed by atoms with Gasteiger partial charge >= 0.3 is 0 Å². The third-order valence-electron chi connectivity index (χ3n) is 2.84. The zero-order chi connectivity index (χ0) is 13.3. The smallest absolute Gasteiger partial charge is 0.133 e. The molecule has 0 spiro atoms. The highest BCUT2D eigenvalue weighted by molar-refractivity contribution is 14.1. The molecule has 0 aliphatic rings. The Morgan fingerprint density at radius 2 is 2.11 bits per heavy atom. The first-order chi connectivity index (χ1) is 8.52. The number of aryl methyl sites for hydroxylation is 1. The molecule has 0 atom stereocenters. The topological polar surface area (TPSA) is 27.1 Å². The normalized spacial score (nSPS) is 10.7. The summed E-state index contributed by atoms with van der Waals surface area (Å²) in [5.74, 6) is 0.849. The lowest BCUT2D eigenvalue weighted by Crippen LogP contribution is -2.04. The summed E-state index contributed by atoms with van der Waals surface area (Å²) in [5.41, 5.74) is 3.49. The summed E-state index contributed by atoms with van der Waals surface area (Å²) in [6, 6.07) is 6.10. The van der Waals surface area contributed by atoms with E-state index in [1.165, 1.54) is 14.8 Å². The van der Waals surface area contributed by atoms with Crippen LogP contribution in [0.1, 0.15) is 17.0 Å². The molecule has 0 radical (unpaired) electrons. The van der Waals surface area contributed by atoms with Gasteiger partial charge in [-0.3, -0.25) is 4.68 Å². The molecule has 96 valence electrons. The van der Waals surface area contributed by atoms with Gasteiger partial charge in [0, 0.05) is 5.69 Å². The van der Waals surface area contributed by atoms with E-state index in [1.54, 1.807) is 7.11 Å². The molecule has 2 rings (SSSR count). The van der Waals surface area contributed by atoms with Crippen LogP contribution in [-0.4, -0.2) is 16.9 Å². The van der Waals surface area contributed by atoms with Gasteiger partial charge in [-0.25, -0.2) is 0 Å². The van der Waals surface area contributed by atoms with Crippen LogP contribution in [-0.2, 0) is 6.54 Å². The number of aromatic nitrogens is 2. The van der Waals surface area contributed by atoms with Crippen molar-refractivity contribution < 1.29 is 4.74 Å². The fourth-order valence-electron chi connectivity index (χ4n) is 1.81. The van der Waals surface area contributed by atoms with E-state index in [4.69, 9.17) is 4.74 Å². The molecule has 0 unspecified atom stereocenters. The quantitative estimate of drug-likeness (QED) is 0.703.